The van der Waals surface area contributed by atoms with Crippen molar-refractivity contribution in [3.8, 4) is 0 Å². The number of aromatic nitrogens is 1. The molecule has 118 valence electrons. The van der Waals surface area contributed by atoms with Crippen LogP contribution in [0.4, 0.5) is 13.9 Å². The second-order valence-electron chi connectivity index (χ2n) is 4.49. The normalized spacial score (nSPS) is 11.1. The highest BCUT2D eigenvalue weighted by Gasteiger charge is 2.11. The molecule has 0 saturated heterocycles. The average molecular weight is 462 g/mol. The molecule has 0 aliphatic heterocycles. The topological polar surface area (TPSA) is 42.0 Å². The number of anilines is 1. The molecular weight excluding hydrogens is 453 g/mol. The number of hydrogen-bond donors (Lipinski definition) is 1. The summed E-state index contributed by atoms with van der Waals surface area (Å²) in [5, 5.41) is 3.19. The number of halogens is 3. The minimum Gasteiger partial charge on any atom is -0.298 e. The first kappa shape index (κ1) is 16.6. The van der Waals surface area contributed by atoms with Crippen LogP contribution in [0.15, 0.2) is 47.4 Å². The number of carbonyl (C=O) groups is 1. The van der Waals surface area contributed by atoms with Gasteiger partial charge in [0.2, 0.25) is 0 Å². The van der Waals surface area contributed by atoms with E-state index in [-0.39, 0.29) is 5.91 Å². The molecule has 8 heteroatoms. The molecule has 0 atom stereocenters. The van der Waals surface area contributed by atoms with E-state index in [2.05, 4.69) is 32.9 Å². The average Bonchev–Trinajstić information content (AvgIpc) is 2.88. The zero-order valence-corrected chi connectivity index (χ0v) is 15.2. The number of nitrogens with zero attached hydrogens (tertiary/aromatic N) is 1. The van der Waals surface area contributed by atoms with Gasteiger partial charge in [0, 0.05) is 14.0 Å². The summed E-state index contributed by atoms with van der Waals surface area (Å²) in [6, 6.07) is 12.1. The van der Waals surface area contributed by atoms with Crippen LogP contribution in [0, 0.1) is 3.57 Å². The molecule has 2 aromatic carbocycles. The number of alkyl halides is 2. The van der Waals surface area contributed by atoms with Crippen LogP contribution in [0.1, 0.15) is 10.4 Å². The fourth-order valence-electron chi connectivity index (χ4n) is 1.91. The Morgan fingerprint density at radius 1 is 1.22 bits per heavy atom. The van der Waals surface area contributed by atoms with E-state index in [1.165, 1.54) is 11.3 Å². The van der Waals surface area contributed by atoms with Crippen LogP contribution in [0.25, 0.3) is 10.2 Å². The standard InChI is InChI=1S/C15H9F2IN2OS2/c16-14(17)22-10-5-6-11-12(7-10)23-15(19-11)20-13(21)8-1-3-9(18)4-2-8/h1-7,14H,(H,19,20,21). The van der Waals surface area contributed by atoms with E-state index in [4.69, 9.17) is 0 Å². The number of amides is 1. The first-order valence-corrected chi connectivity index (χ1v) is 9.21. The lowest BCUT2D eigenvalue weighted by atomic mass is 10.2. The Morgan fingerprint density at radius 3 is 2.65 bits per heavy atom. The lowest BCUT2D eigenvalue weighted by Gasteiger charge is -2.01. The molecule has 3 rings (SSSR count). The SMILES string of the molecule is O=C(Nc1nc2ccc(SC(F)F)cc2s1)c1ccc(I)cc1. The zero-order valence-electron chi connectivity index (χ0n) is 11.4. The van der Waals surface area contributed by atoms with Crippen molar-refractivity contribution in [1.82, 2.24) is 4.98 Å². The third-order valence-corrected chi connectivity index (χ3v) is 5.27. The number of hydrogen-bond acceptors (Lipinski definition) is 4. The summed E-state index contributed by atoms with van der Waals surface area (Å²) in [5.74, 6) is -2.71. The van der Waals surface area contributed by atoms with E-state index in [9.17, 15) is 13.6 Å². The number of carbonyl (C=O) groups excluding carboxylic acids is 1. The molecule has 0 fully saturated rings. The maximum Gasteiger partial charge on any atom is 0.288 e. The van der Waals surface area contributed by atoms with Crippen molar-refractivity contribution >= 4 is 66.9 Å². The largest absolute Gasteiger partial charge is 0.298 e. The third kappa shape index (κ3) is 4.18. The third-order valence-electron chi connectivity index (χ3n) is 2.91. The molecule has 0 spiro atoms. The van der Waals surface area contributed by atoms with Gasteiger partial charge in [0.25, 0.3) is 11.7 Å². The molecule has 1 aromatic heterocycles. The highest BCUT2D eigenvalue weighted by atomic mass is 127. The Hall–Kier alpha value is -1.26. The summed E-state index contributed by atoms with van der Waals surface area (Å²) in [7, 11) is 0. The number of thiazole rings is 1. The van der Waals surface area contributed by atoms with Gasteiger partial charge in [-0.3, -0.25) is 10.1 Å². The van der Waals surface area contributed by atoms with Gasteiger partial charge in [0.1, 0.15) is 0 Å². The summed E-state index contributed by atoms with van der Waals surface area (Å²) in [6.07, 6.45) is 0. The van der Waals surface area contributed by atoms with Gasteiger partial charge in [-0.15, -0.1) is 0 Å². The smallest absolute Gasteiger partial charge is 0.288 e. The van der Waals surface area contributed by atoms with E-state index in [0.717, 1.165) is 8.27 Å². The Bertz CT molecular complexity index is 852. The van der Waals surface area contributed by atoms with E-state index in [0.29, 0.717) is 32.9 Å². The number of benzene rings is 2. The van der Waals surface area contributed by atoms with Crippen LogP contribution in [0.2, 0.25) is 0 Å². The van der Waals surface area contributed by atoms with Crippen LogP contribution in [-0.4, -0.2) is 16.6 Å². The predicted molar refractivity (Wildman–Crippen MR) is 98.6 cm³/mol. The van der Waals surface area contributed by atoms with Gasteiger partial charge < -0.3 is 0 Å². The van der Waals surface area contributed by atoms with Crippen molar-refractivity contribution in [1.29, 1.82) is 0 Å². The molecule has 0 saturated carbocycles. The fourth-order valence-corrected chi connectivity index (χ4v) is 3.78. The quantitative estimate of drug-likeness (QED) is 0.413. The van der Waals surface area contributed by atoms with Crippen molar-refractivity contribution in [2.45, 2.75) is 10.7 Å². The van der Waals surface area contributed by atoms with Crippen molar-refractivity contribution in [3.05, 3.63) is 51.6 Å². The van der Waals surface area contributed by atoms with Crippen LogP contribution < -0.4 is 5.32 Å². The van der Waals surface area contributed by atoms with Gasteiger partial charge in [-0.2, -0.15) is 8.78 Å². The van der Waals surface area contributed by atoms with E-state index < -0.39 is 5.76 Å². The van der Waals surface area contributed by atoms with E-state index in [1.807, 2.05) is 12.1 Å². The second-order valence-corrected chi connectivity index (χ2v) is 7.83. The molecule has 0 aliphatic rings. The van der Waals surface area contributed by atoms with Crippen LogP contribution in [-0.2, 0) is 0 Å². The van der Waals surface area contributed by atoms with E-state index in [1.54, 1.807) is 30.3 Å². The maximum absolute atomic E-state index is 12.4. The monoisotopic (exact) mass is 462 g/mol. The summed E-state index contributed by atoms with van der Waals surface area (Å²) in [4.78, 5) is 16.9. The molecule has 1 heterocycles. The Kier molecular flexibility index (Phi) is 5.12. The maximum atomic E-state index is 12.4. The Balaban J connectivity index is 1.80. The molecule has 3 aromatic rings. The fraction of sp³-hybridized carbons (Fsp3) is 0.0667. The molecule has 0 unspecified atom stereocenters. The summed E-state index contributed by atoms with van der Waals surface area (Å²) in [5.41, 5.74) is 1.21. The Labute approximate surface area is 152 Å². The first-order valence-electron chi connectivity index (χ1n) is 6.43. The molecule has 0 aliphatic carbocycles. The van der Waals surface area contributed by atoms with Gasteiger partial charge in [-0.1, -0.05) is 23.1 Å². The van der Waals surface area contributed by atoms with Crippen LogP contribution in [0.5, 0.6) is 0 Å². The highest BCUT2D eigenvalue weighted by molar-refractivity contribution is 14.1. The lowest BCUT2D eigenvalue weighted by Crippen LogP contribution is -2.11. The number of rotatable bonds is 4. The van der Waals surface area contributed by atoms with Gasteiger partial charge in [0.15, 0.2) is 5.13 Å². The van der Waals surface area contributed by atoms with Gasteiger partial charge >= 0.3 is 0 Å². The molecule has 23 heavy (non-hydrogen) atoms. The predicted octanol–water partition coefficient (Wildman–Crippen LogP) is 5.47. The minimum absolute atomic E-state index is 0.248. The molecule has 1 amide bonds. The van der Waals surface area contributed by atoms with Gasteiger partial charge in [-0.25, -0.2) is 4.98 Å². The van der Waals surface area contributed by atoms with Crippen molar-refractivity contribution in [2.75, 3.05) is 5.32 Å². The van der Waals surface area contributed by atoms with Crippen LogP contribution in [0.3, 0.4) is 0 Å². The summed E-state index contributed by atoms with van der Waals surface area (Å²) >= 11 is 3.92. The van der Waals surface area contributed by atoms with Crippen molar-refractivity contribution in [2.24, 2.45) is 0 Å². The molecular formula is C15H9F2IN2OS2. The molecule has 0 radical (unpaired) electrons. The van der Waals surface area contributed by atoms with Gasteiger partial charge in [-0.05, 0) is 65.1 Å². The first-order chi connectivity index (χ1) is 11.0. The lowest BCUT2D eigenvalue weighted by molar-refractivity contribution is 0.102. The summed E-state index contributed by atoms with van der Waals surface area (Å²) < 4.78 is 26.6. The number of nitrogens with one attached hydrogen (secondary N) is 1. The van der Waals surface area contributed by atoms with Crippen LogP contribution >= 0.6 is 45.7 Å². The van der Waals surface area contributed by atoms with Gasteiger partial charge in [0.05, 0.1) is 10.2 Å². The number of thioether (sulfide) groups is 1. The van der Waals surface area contributed by atoms with E-state index >= 15 is 0 Å². The minimum atomic E-state index is -2.46. The zero-order chi connectivity index (χ0) is 16.4. The molecule has 0 bridgehead atoms. The van der Waals surface area contributed by atoms with Crippen molar-refractivity contribution in [3.63, 3.8) is 0 Å². The number of fused-ring (bicyclic) bond motifs is 1. The summed E-state index contributed by atoms with van der Waals surface area (Å²) in [6.45, 7) is 0. The molecule has 1 N–H and O–H groups in total. The Morgan fingerprint density at radius 2 is 1.96 bits per heavy atom. The van der Waals surface area contributed by atoms with Crippen molar-refractivity contribution < 1.29 is 13.6 Å². The molecule has 3 nitrogen and oxygen atoms in total. The second kappa shape index (κ2) is 7.10. The highest BCUT2D eigenvalue weighted by Crippen LogP contribution is 2.32.